The summed E-state index contributed by atoms with van der Waals surface area (Å²) in [5.74, 6) is 0.822. The number of aliphatic hydroxyl groups excluding tert-OH is 1. The Labute approximate surface area is 146 Å². The highest BCUT2D eigenvalue weighted by atomic mass is 35.5. The molecule has 0 amide bonds. The number of carbonyl (C=O) groups is 1. The van der Waals surface area contributed by atoms with Crippen LogP contribution in [0.3, 0.4) is 0 Å². The van der Waals surface area contributed by atoms with Crippen LogP contribution in [0, 0.1) is 0 Å². The lowest BCUT2D eigenvalue weighted by Crippen LogP contribution is -2.23. The van der Waals surface area contributed by atoms with Gasteiger partial charge in [-0.25, -0.2) is 0 Å². The molecule has 0 aromatic heterocycles. The second-order valence-electron chi connectivity index (χ2n) is 5.78. The average Bonchev–Trinajstić information content (AvgIpc) is 2.97. The number of fused-ring (bicyclic) bond motifs is 1. The fraction of sp³-hybridized carbons (Fsp3) is 0.316. The monoisotopic (exact) mass is 346 g/mol. The summed E-state index contributed by atoms with van der Waals surface area (Å²) >= 11 is 6.05. The van der Waals surface area contributed by atoms with Gasteiger partial charge in [-0.3, -0.25) is 4.79 Å². The van der Waals surface area contributed by atoms with Gasteiger partial charge in [0, 0.05) is 22.6 Å². The van der Waals surface area contributed by atoms with Gasteiger partial charge in [-0.05, 0) is 24.1 Å². The maximum atomic E-state index is 11.7. The quantitative estimate of drug-likeness (QED) is 0.834. The lowest BCUT2D eigenvalue weighted by molar-refractivity contribution is 0.00536. The molecule has 0 radical (unpaired) electrons. The molecule has 1 atom stereocenters. The fourth-order valence-electron chi connectivity index (χ4n) is 2.75. The molecule has 0 saturated heterocycles. The standard InChI is InChI=1S/C19H19ClO4/c20-17-6-2-1-4-13(17)10-23-11-14(21)12-24-19-7-3-5-15-16(19)8-9-18(15)22/h1-7,14,21H,8-12H2. The van der Waals surface area contributed by atoms with Gasteiger partial charge in [0.1, 0.15) is 18.5 Å². The van der Waals surface area contributed by atoms with Crippen LogP contribution in [0.4, 0.5) is 0 Å². The molecule has 0 heterocycles. The highest BCUT2D eigenvalue weighted by Crippen LogP contribution is 2.30. The van der Waals surface area contributed by atoms with E-state index in [0.717, 1.165) is 16.7 Å². The van der Waals surface area contributed by atoms with Crippen molar-refractivity contribution in [3.05, 3.63) is 64.2 Å². The van der Waals surface area contributed by atoms with Gasteiger partial charge in [-0.2, -0.15) is 0 Å². The van der Waals surface area contributed by atoms with Crippen LogP contribution in [0.5, 0.6) is 5.75 Å². The smallest absolute Gasteiger partial charge is 0.163 e. The highest BCUT2D eigenvalue weighted by molar-refractivity contribution is 6.31. The van der Waals surface area contributed by atoms with Crippen LogP contribution in [-0.4, -0.2) is 30.2 Å². The molecule has 1 unspecified atom stereocenters. The van der Waals surface area contributed by atoms with Crippen LogP contribution >= 0.6 is 11.6 Å². The number of hydrogen-bond acceptors (Lipinski definition) is 4. The van der Waals surface area contributed by atoms with Gasteiger partial charge in [0.05, 0.1) is 13.2 Å². The van der Waals surface area contributed by atoms with Gasteiger partial charge < -0.3 is 14.6 Å². The van der Waals surface area contributed by atoms with Gasteiger partial charge in [-0.1, -0.05) is 41.9 Å². The molecule has 3 rings (SSSR count). The average molecular weight is 347 g/mol. The molecule has 126 valence electrons. The first-order valence-corrected chi connectivity index (χ1v) is 8.30. The van der Waals surface area contributed by atoms with Gasteiger partial charge in [0.2, 0.25) is 0 Å². The van der Waals surface area contributed by atoms with Gasteiger partial charge >= 0.3 is 0 Å². The maximum absolute atomic E-state index is 11.7. The number of carbonyl (C=O) groups excluding carboxylic acids is 1. The van der Waals surface area contributed by atoms with E-state index in [1.54, 1.807) is 12.1 Å². The Morgan fingerprint density at radius 3 is 2.75 bits per heavy atom. The number of halogens is 1. The number of ether oxygens (including phenoxy) is 2. The minimum absolute atomic E-state index is 0.118. The third-order valence-corrected chi connectivity index (χ3v) is 4.36. The molecular formula is C19H19ClO4. The number of rotatable bonds is 7. The van der Waals surface area contributed by atoms with E-state index in [4.69, 9.17) is 21.1 Å². The van der Waals surface area contributed by atoms with Crippen LogP contribution in [0.25, 0.3) is 0 Å². The predicted octanol–water partition coefficient (Wildman–Crippen LogP) is 3.43. The summed E-state index contributed by atoms with van der Waals surface area (Å²) in [6.07, 6.45) is 0.475. The molecule has 2 aromatic carbocycles. The molecule has 5 heteroatoms. The fourth-order valence-corrected chi connectivity index (χ4v) is 2.94. The molecular weight excluding hydrogens is 328 g/mol. The predicted molar refractivity (Wildman–Crippen MR) is 91.7 cm³/mol. The molecule has 0 spiro atoms. The number of aliphatic hydroxyl groups is 1. The molecule has 0 fully saturated rings. The van der Waals surface area contributed by atoms with E-state index in [1.165, 1.54) is 0 Å². The van der Waals surface area contributed by atoms with Gasteiger partial charge in [-0.15, -0.1) is 0 Å². The van der Waals surface area contributed by atoms with Crippen LogP contribution < -0.4 is 4.74 Å². The second-order valence-corrected chi connectivity index (χ2v) is 6.18. The van der Waals surface area contributed by atoms with Crippen molar-refractivity contribution >= 4 is 17.4 Å². The topological polar surface area (TPSA) is 55.8 Å². The first-order chi connectivity index (χ1) is 11.6. The third kappa shape index (κ3) is 3.96. The van der Waals surface area contributed by atoms with Crippen LogP contribution in [0.1, 0.15) is 27.9 Å². The molecule has 2 aromatic rings. The summed E-state index contributed by atoms with van der Waals surface area (Å²) in [6, 6.07) is 12.9. The normalized spacial score (nSPS) is 14.5. The van der Waals surface area contributed by atoms with Crippen molar-refractivity contribution in [2.75, 3.05) is 13.2 Å². The van der Waals surface area contributed by atoms with Gasteiger partial charge in [0.15, 0.2) is 5.78 Å². The molecule has 1 N–H and O–H groups in total. The number of Topliss-reactive ketones (excluding diaryl/α,β-unsaturated/α-hetero) is 1. The van der Waals surface area contributed by atoms with Crippen molar-refractivity contribution in [3.63, 3.8) is 0 Å². The first-order valence-electron chi connectivity index (χ1n) is 7.92. The Morgan fingerprint density at radius 1 is 1.08 bits per heavy atom. The van der Waals surface area contributed by atoms with E-state index in [1.807, 2.05) is 30.3 Å². The van der Waals surface area contributed by atoms with E-state index in [-0.39, 0.29) is 19.0 Å². The van der Waals surface area contributed by atoms with E-state index in [2.05, 4.69) is 0 Å². The molecule has 0 bridgehead atoms. The van der Waals surface area contributed by atoms with Gasteiger partial charge in [0.25, 0.3) is 0 Å². The molecule has 1 aliphatic rings. The Hall–Kier alpha value is -1.88. The summed E-state index contributed by atoms with van der Waals surface area (Å²) in [7, 11) is 0. The van der Waals surface area contributed by atoms with E-state index in [0.29, 0.717) is 30.2 Å². The molecule has 4 nitrogen and oxygen atoms in total. The van der Waals surface area contributed by atoms with Crippen molar-refractivity contribution in [2.24, 2.45) is 0 Å². The van der Waals surface area contributed by atoms with Crippen molar-refractivity contribution in [2.45, 2.75) is 25.6 Å². The van der Waals surface area contributed by atoms with Crippen LogP contribution in [0.2, 0.25) is 5.02 Å². The van der Waals surface area contributed by atoms with Crippen molar-refractivity contribution < 1.29 is 19.4 Å². The van der Waals surface area contributed by atoms with E-state index in [9.17, 15) is 9.90 Å². The third-order valence-electron chi connectivity index (χ3n) is 3.99. The Balaban J connectivity index is 1.47. The molecule has 24 heavy (non-hydrogen) atoms. The highest BCUT2D eigenvalue weighted by Gasteiger charge is 2.22. The SMILES string of the molecule is O=C1CCc2c(OCC(O)COCc3ccccc3Cl)cccc21. The molecule has 0 aliphatic heterocycles. The van der Waals surface area contributed by atoms with Crippen LogP contribution in [0.15, 0.2) is 42.5 Å². The minimum atomic E-state index is -0.750. The zero-order valence-corrected chi connectivity index (χ0v) is 14.0. The summed E-state index contributed by atoms with van der Waals surface area (Å²) < 4.78 is 11.2. The Bertz CT molecular complexity index is 729. The summed E-state index contributed by atoms with van der Waals surface area (Å²) in [4.78, 5) is 11.7. The largest absolute Gasteiger partial charge is 0.490 e. The number of benzene rings is 2. The van der Waals surface area contributed by atoms with Crippen LogP contribution in [-0.2, 0) is 17.8 Å². The van der Waals surface area contributed by atoms with E-state index < -0.39 is 6.10 Å². The Kier molecular flexibility index (Phi) is 5.51. The minimum Gasteiger partial charge on any atom is -0.490 e. The first kappa shape index (κ1) is 17.0. The van der Waals surface area contributed by atoms with Crippen molar-refractivity contribution in [1.29, 1.82) is 0 Å². The lowest BCUT2D eigenvalue weighted by atomic mass is 10.1. The summed E-state index contributed by atoms with van der Waals surface area (Å²) in [6.45, 7) is 0.609. The van der Waals surface area contributed by atoms with Crippen molar-refractivity contribution in [1.82, 2.24) is 0 Å². The lowest BCUT2D eigenvalue weighted by Gasteiger charge is -2.15. The molecule has 0 saturated carbocycles. The van der Waals surface area contributed by atoms with E-state index >= 15 is 0 Å². The number of hydrogen-bond donors (Lipinski definition) is 1. The second kappa shape index (κ2) is 7.79. The number of ketones is 1. The summed E-state index contributed by atoms with van der Waals surface area (Å²) in [5.41, 5.74) is 2.55. The maximum Gasteiger partial charge on any atom is 0.163 e. The zero-order chi connectivity index (χ0) is 16.9. The summed E-state index contributed by atoms with van der Waals surface area (Å²) in [5, 5.41) is 10.7. The zero-order valence-electron chi connectivity index (χ0n) is 13.2. The van der Waals surface area contributed by atoms with Crippen molar-refractivity contribution in [3.8, 4) is 5.75 Å². The molecule has 1 aliphatic carbocycles. The Morgan fingerprint density at radius 2 is 1.92 bits per heavy atom.